The van der Waals surface area contributed by atoms with E-state index in [0.29, 0.717) is 18.1 Å². The lowest BCUT2D eigenvalue weighted by molar-refractivity contribution is 0.0983. The Kier molecular flexibility index (Phi) is 3.32. The van der Waals surface area contributed by atoms with E-state index < -0.39 is 0 Å². The molecule has 5 heteroatoms. The summed E-state index contributed by atoms with van der Waals surface area (Å²) >= 11 is 0. The van der Waals surface area contributed by atoms with Crippen LogP contribution in [0.4, 0.5) is 11.5 Å². The Morgan fingerprint density at radius 1 is 1.39 bits per heavy atom. The number of anilines is 2. The molecule has 0 radical (unpaired) electrons. The molecule has 0 aliphatic rings. The summed E-state index contributed by atoms with van der Waals surface area (Å²) in [5, 5.41) is 4.07. The quantitative estimate of drug-likeness (QED) is 0.894. The first kappa shape index (κ1) is 12.2. The summed E-state index contributed by atoms with van der Waals surface area (Å²) in [6, 6.07) is 11.1. The highest BCUT2D eigenvalue weighted by Gasteiger charge is 2.18. The van der Waals surface area contributed by atoms with Crippen molar-refractivity contribution in [3.63, 3.8) is 0 Å². The molecule has 0 saturated heterocycles. The number of benzene rings is 1. The van der Waals surface area contributed by atoms with Gasteiger partial charge in [-0.15, -0.1) is 0 Å². The van der Waals surface area contributed by atoms with Crippen molar-refractivity contribution in [2.75, 3.05) is 17.7 Å². The maximum Gasteiger partial charge on any atom is 0.276 e. The molecule has 1 heterocycles. The fraction of sp³-hybridized carbons (Fsp3) is 0.231. The third-order valence-electron chi connectivity index (χ3n) is 2.77. The predicted molar refractivity (Wildman–Crippen MR) is 71.5 cm³/mol. The summed E-state index contributed by atoms with van der Waals surface area (Å²) in [5.41, 5.74) is 6.97. The molecule has 0 bridgehead atoms. The first-order chi connectivity index (χ1) is 8.63. The average Bonchev–Trinajstić information content (AvgIpc) is 2.79. The molecule has 0 unspecified atom stereocenters. The highest BCUT2D eigenvalue weighted by atomic mass is 16.2. The lowest BCUT2D eigenvalue weighted by Gasteiger charge is -2.17. The fourth-order valence-corrected chi connectivity index (χ4v) is 1.79. The number of rotatable bonds is 3. The molecule has 1 aromatic carbocycles. The minimum Gasteiger partial charge on any atom is -0.382 e. The highest BCUT2D eigenvalue weighted by molar-refractivity contribution is 6.04. The molecule has 0 fully saturated rings. The third-order valence-corrected chi connectivity index (χ3v) is 2.77. The number of hydrogen-bond acceptors (Lipinski definition) is 3. The molecule has 0 saturated carbocycles. The molecule has 5 nitrogen and oxygen atoms in total. The Labute approximate surface area is 106 Å². The van der Waals surface area contributed by atoms with Crippen LogP contribution in [0.5, 0.6) is 0 Å². The van der Waals surface area contributed by atoms with Crippen LogP contribution < -0.4 is 10.6 Å². The van der Waals surface area contributed by atoms with Gasteiger partial charge in [0.1, 0.15) is 11.5 Å². The minimum absolute atomic E-state index is 0.118. The monoisotopic (exact) mass is 244 g/mol. The third kappa shape index (κ3) is 2.20. The lowest BCUT2D eigenvalue weighted by atomic mass is 10.2. The van der Waals surface area contributed by atoms with E-state index in [0.717, 1.165) is 5.69 Å². The van der Waals surface area contributed by atoms with Crippen LogP contribution in [-0.4, -0.2) is 22.7 Å². The molecule has 1 amide bonds. The van der Waals surface area contributed by atoms with E-state index in [9.17, 15) is 4.79 Å². The zero-order valence-electron chi connectivity index (χ0n) is 10.5. The molecule has 0 spiro atoms. The van der Waals surface area contributed by atoms with E-state index in [-0.39, 0.29) is 5.91 Å². The van der Waals surface area contributed by atoms with Gasteiger partial charge in [-0.25, -0.2) is 0 Å². The summed E-state index contributed by atoms with van der Waals surface area (Å²) < 4.78 is 1.61. The van der Waals surface area contributed by atoms with Gasteiger partial charge in [0.2, 0.25) is 0 Å². The van der Waals surface area contributed by atoms with Crippen LogP contribution in [0.2, 0.25) is 0 Å². The number of carbonyl (C=O) groups excluding carboxylic acids is 1. The molecule has 94 valence electrons. The van der Waals surface area contributed by atoms with Crippen LogP contribution in [0.15, 0.2) is 36.4 Å². The molecule has 1 aromatic heterocycles. The number of nitrogens with zero attached hydrogens (tertiary/aromatic N) is 3. The first-order valence-corrected chi connectivity index (χ1v) is 5.80. The Bertz CT molecular complexity index is 547. The van der Waals surface area contributed by atoms with Crippen LogP contribution in [0.3, 0.4) is 0 Å². The van der Waals surface area contributed by atoms with Crippen molar-refractivity contribution in [2.45, 2.75) is 13.5 Å². The van der Waals surface area contributed by atoms with E-state index in [1.54, 1.807) is 22.7 Å². The number of aryl methyl sites for hydroxylation is 1. The normalized spacial score (nSPS) is 10.3. The van der Waals surface area contributed by atoms with Crippen LogP contribution in [-0.2, 0) is 6.54 Å². The van der Waals surface area contributed by atoms with Crippen molar-refractivity contribution in [1.29, 1.82) is 0 Å². The van der Waals surface area contributed by atoms with Gasteiger partial charge < -0.3 is 10.6 Å². The zero-order chi connectivity index (χ0) is 13.1. The number of carbonyl (C=O) groups is 1. The Morgan fingerprint density at radius 3 is 2.67 bits per heavy atom. The fourth-order valence-electron chi connectivity index (χ4n) is 1.79. The second kappa shape index (κ2) is 4.91. The van der Waals surface area contributed by atoms with Crippen LogP contribution in [0, 0.1) is 0 Å². The van der Waals surface area contributed by atoms with Gasteiger partial charge in [-0.1, -0.05) is 18.2 Å². The van der Waals surface area contributed by atoms with Crippen LogP contribution >= 0.6 is 0 Å². The molecule has 2 rings (SSSR count). The topological polar surface area (TPSA) is 64.2 Å². The summed E-state index contributed by atoms with van der Waals surface area (Å²) in [6.07, 6.45) is 0. The second-order valence-corrected chi connectivity index (χ2v) is 3.97. The van der Waals surface area contributed by atoms with Crippen molar-refractivity contribution in [1.82, 2.24) is 9.78 Å². The van der Waals surface area contributed by atoms with Crippen molar-refractivity contribution in [2.24, 2.45) is 0 Å². The maximum atomic E-state index is 12.3. The smallest absolute Gasteiger partial charge is 0.276 e. The second-order valence-electron chi connectivity index (χ2n) is 3.97. The van der Waals surface area contributed by atoms with Gasteiger partial charge >= 0.3 is 0 Å². The van der Waals surface area contributed by atoms with Gasteiger partial charge in [0, 0.05) is 25.3 Å². The van der Waals surface area contributed by atoms with Gasteiger partial charge in [0.25, 0.3) is 5.91 Å². The van der Waals surface area contributed by atoms with E-state index in [4.69, 9.17) is 5.73 Å². The van der Waals surface area contributed by atoms with E-state index in [1.165, 1.54) is 0 Å². The molecule has 18 heavy (non-hydrogen) atoms. The summed E-state index contributed by atoms with van der Waals surface area (Å²) in [6.45, 7) is 2.53. The molecule has 0 aliphatic carbocycles. The zero-order valence-corrected chi connectivity index (χ0v) is 10.5. The maximum absolute atomic E-state index is 12.3. The van der Waals surface area contributed by atoms with Gasteiger partial charge in [0.15, 0.2) is 0 Å². The van der Waals surface area contributed by atoms with Gasteiger partial charge in [-0.3, -0.25) is 9.48 Å². The number of amides is 1. The van der Waals surface area contributed by atoms with Crippen molar-refractivity contribution >= 4 is 17.4 Å². The Morgan fingerprint density at radius 2 is 2.06 bits per heavy atom. The number of hydrogen-bond donors (Lipinski definition) is 1. The number of para-hydroxylation sites is 1. The minimum atomic E-state index is -0.118. The summed E-state index contributed by atoms with van der Waals surface area (Å²) in [4.78, 5) is 13.9. The van der Waals surface area contributed by atoms with E-state index in [2.05, 4.69) is 5.10 Å². The Balaban J connectivity index is 2.31. The number of nitrogen functional groups attached to an aromatic ring is 1. The molecule has 2 N–H and O–H groups in total. The first-order valence-electron chi connectivity index (χ1n) is 5.80. The van der Waals surface area contributed by atoms with Gasteiger partial charge in [0.05, 0.1) is 0 Å². The summed E-state index contributed by atoms with van der Waals surface area (Å²) in [5.74, 6) is 0.244. The van der Waals surface area contributed by atoms with Crippen LogP contribution in [0.25, 0.3) is 0 Å². The van der Waals surface area contributed by atoms with Gasteiger partial charge in [-0.05, 0) is 19.1 Å². The Hall–Kier alpha value is -2.30. The van der Waals surface area contributed by atoms with Crippen molar-refractivity contribution < 1.29 is 4.79 Å². The standard InChI is InChI=1S/C13H16N4O/c1-3-17-11(9-12(14)15-17)13(18)16(2)10-7-5-4-6-8-10/h4-9H,3H2,1-2H3,(H2,14,15). The number of nitrogens with two attached hydrogens (primary N) is 1. The summed E-state index contributed by atoms with van der Waals surface area (Å²) in [7, 11) is 1.74. The predicted octanol–water partition coefficient (Wildman–Crippen LogP) is 1.76. The highest BCUT2D eigenvalue weighted by Crippen LogP contribution is 2.16. The molecular formula is C13H16N4O. The van der Waals surface area contributed by atoms with Gasteiger partial charge in [-0.2, -0.15) is 5.10 Å². The van der Waals surface area contributed by atoms with Crippen molar-refractivity contribution in [3.05, 3.63) is 42.1 Å². The largest absolute Gasteiger partial charge is 0.382 e. The molecule has 2 aromatic rings. The SMILES string of the molecule is CCn1nc(N)cc1C(=O)N(C)c1ccccc1. The van der Waals surface area contributed by atoms with Crippen LogP contribution in [0.1, 0.15) is 17.4 Å². The van der Waals surface area contributed by atoms with E-state index >= 15 is 0 Å². The molecule has 0 aliphatic heterocycles. The number of aromatic nitrogens is 2. The molecule has 0 atom stereocenters. The van der Waals surface area contributed by atoms with Crippen molar-refractivity contribution in [3.8, 4) is 0 Å². The van der Waals surface area contributed by atoms with E-state index in [1.807, 2.05) is 37.3 Å². The average molecular weight is 244 g/mol. The lowest BCUT2D eigenvalue weighted by Crippen LogP contribution is -2.28. The molecular weight excluding hydrogens is 228 g/mol.